The predicted octanol–water partition coefficient (Wildman–Crippen LogP) is 5.14. The average molecular weight is 553 g/mol. The molecule has 7 heteroatoms. The Labute approximate surface area is 219 Å². The third-order valence-corrected chi connectivity index (χ3v) is 8.58. The van der Waals surface area contributed by atoms with Gasteiger partial charge in [0.1, 0.15) is 0 Å². The van der Waals surface area contributed by atoms with Crippen molar-refractivity contribution in [2.75, 3.05) is 39.3 Å². The molecule has 0 saturated carbocycles. The number of benzene rings is 2. The van der Waals surface area contributed by atoms with Crippen molar-refractivity contribution >= 4 is 39.1 Å². The van der Waals surface area contributed by atoms with Crippen molar-refractivity contribution in [1.82, 2.24) is 14.7 Å². The summed E-state index contributed by atoms with van der Waals surface area (Å²) in [7, 11) is 0. The molecule has 1 aromatic heterocycles. The van der Waals surface area contributed by atoms with E-state index in [4.69, 9.17) is 0 Å². The molecule has 182 valence electrons. The van der Waals surface area contributed by atoms with Crippen LogP contribution in [0.15, 0.2) is 64.5 Å². The summed E-state index contributed by atoms with van der Waals surface area (Å²) < 4.78 is 0.897. The van der Waals surface area contributed by atoms with Crippen molar-refractivity contribution in [1.29, 1.82) is 0 Å². The second kappa shape index (κ2) is 10.6. The highest BCUT2D eigenvalue weighted by atomic mass is 79.9. The minimum atomic E-state index is 0.0289. The molecular formula is C28H30BrN3O2S. The maximum Gasteiger partial charge on any atom is 0.253 e. The van der Waals surface area contributed by atoms with Crippen molar-refractivity contribution in [3.63, 3.8) is 0 Å². The summed E-state index contributed by atoms with van der Waals surface area (Å²) in [5, 5.41) is 2.17. The van der Waals surface area contributed by atoms with Gasteiger partial charge in [0.05, 0.1) is 12.6 Å². The van der Waals surface area contributed by atoms with Crippen LogP contribution in [0.2, 0.25) is 0 Å². The quantitative estimate of drug-likeness (QED) is 0.450. The lowest BCUT2D eigenvalue weighted by Gasteiger charge is -2.37. The number of hydrogen-bond donors (Lipinski definition) is 0. The summed E-state index contributed by atoms with van der Waals surface area (Å²) >= 11 is 5.27. The third-order valence-electron chi connectivity index (χ3n) is 7.09. The van der Waals surface area contributed by atoms with Crippen molar-refractivity contribution in [3.05, 3.63) is 91.6 Å². The molecule has 0 aliphatic carbocycles. The lowest BCUT2D eigenvalue weighted by Crippen LogP contribution is -2.45. The molecule has 1 saturated heterocycles. The van der Waals surface area contributed by atoms with Crippen LogP contribution in [0.4, 0.5) is 0 Å². The molecule has 5 nitrogen and oxygen atoms in total. The Morgan fingerprint density at radius 1 is 0.943 bits per heavy atom. The van der Waals surface area contributed by atoms with Crippen LogP contribution >= 0.6 is 27.3 Å². The van der Waals surface area contributed by atoms with E-state index in [1.807, 2.05) is 45.4 Å². The van der Waals surface area contributed by atoms with E-state index >= 15 is 0 Å². The lowest BCUT2D eigenvalue weighted by molar-refractivity contribution is -0.132. The van der Waals surface area contributed by atoms with Crippen molar-refractivity contribution in [2.24, 2.45) is 0 Å². The smallest absolute Gasteiger partial charge is 0.253 e. The minimum absolute atomic E-state index is 0.0289. The van der Waals surface area contributed by atoms with Gasteiger partial charge in [-0.15, -0.1) is 11.3 Å². The molecule has 2 aliphatic rings. The SMILES string of the molecule is Cc1ccccc1[C@H]1c2ccsc2CCN1CC(=O)N1CCCN(C(=O)c2cccc(Br)c2)CC1. The summed E-state index contributed by atoms with van der Waals surface area (Å²) in [6.07, 6.45) is 1.78. The molecule has 2 amide bonds. The van der Waals surface area contributed by atoms with E-state index in [0.717, 1.165) is 23.9 Å². The first-order valence-corrected chi connectivity index (χ1v) is 13.9. The molecule has 3 heterocycles. The molecule has 0 spiro atoms. The first-order chi connectivity index (χ1) is 17.0. The number of hydrogen-bond acceptors (Lipinski definition) is 4. The number of nitrogens with zero attached hydrogens (tertiary/aromatic N) is 3. The molecule has 5 rings (SSSR count). The van der Waals surface area contributed by atoms with Gasteiger partial charge in [0, 0.05) is 47.6 Å². The van der Waals surface area contributed by atoms with E-state index in [1.165, 1.54) is 21.6 Å². The van der Waals surface area contributed by atoms with Crippen LogP contribution in [-0.4, -0.2) is 65.8 Å². The van der Waals surface area contributed by atoms with E-state index in [-0.39, 0.29) is 17.9 Å². The summed E-state index contributed by atoms with van der Waals surface area (Å²) in [4.78, 5) is 34.1. The Balaban J connectivity index is 1.28. The highest BCUT2D eigenvalue weighted by Crippen LogP contribution is 2.38. The predicted molar refractivity (Wildman–Crippen MR) is 144 cm³/mol. The number of rotatable bonds is 4. The zero-order chi connectivity index (χ0) is 24.4. The van der Waals surface area contributed by atoms with Crippen LogP contribution in [0, 0.1) is 6.92 Å². The van der Waals surface area contributed by atoms with Gasteiger partial charge in [-0.05, 0) is 66.1 Å². The number of carbonyl (C=O) groups is 2. The average Bonchev–Trinajstić information content (AvgIpc) is 3.20. The fraction of sp³-hybridized carbons (Fsp3) is 0.357. The highest BCUT2D eigenvalue weighted by Gasteiger charge is 2.33. The topological polar surface area (TPSA) is 43.9 Å². The third kappa shape index (κ3) is 5.22. The molecule has 3 aromatic rings. The zero-order valence-electron chi connectivity index (χ0n) is 20.0. The van der Waals surface area contributed by atoms with Gasteiger partial charge in [-0.25, -0.2) is 0 Å². The van der Waals surface area contributed by atoms with Crippen LogP contribution in [-0.2, 0) is 11.2 Å². The fourth-order valence-electron chi connectivity index (χ4n) is 5.24. The van der Waals surface area contributed by atoms with Gasteiger partial charge in [0.15, 0.2) is 0 Å². The van der Waals surface area contributed by atoms with Gasteiger partial charge < -0.3 is 9.80 Å². The summed E-state index contributed by atoms with van der Waals surface area (Å²) in [5.74, 6) is 0.181. The molecule has 35 heavy (non-hydrogen) atoms. The number of amides is 2. The molecule has 0 unspecified atom stereocenters. The van der Waals surface area contributed by atoms with Gasteiger partial charge in [0.25, 0.3) is 5.91 Å². The van der Waals surface area contributed by atoms with Crippen molar-refractivity contribution in [3.8, 4) is 0 Å². The van der Waals surface area contributed by atoms with Crippen molar-refractivity contribution < 1.29 is 9.59 Å². The Morgan fingerprint density at radius 2 is 1.74 bits per heavy atom. The summed E-state index contributed by atoms with van der Waals surface area (Å²) in [5.41, 5.74) is 4.55. The van der Waals surface area contributed by atoms with E-state index in [9.17, 15) is 9.59 Å². The number of halogens is 1. The minimum Gasteiger partial charge on any atom is -0.340 e. The molecular weight excluding hydrogens is 522 g/mol. The molecule has 0 bridgehead atoms. The maximum absolute atomic E-state index is 13.5. The van der Waals surface area contributed by atoms with E-state index in [2.05, 4.69) is 63.5 Å². The van der Waals surface area contributed by atoms with Gasteiger partial charge in [-0.2, -0.15) is 0 Å². The highest BCUT2D eigenvalue weighted by molar-refractivity contribution is 9.10. The Bertz CT molecular complexity index is 1230. The van der Waals surface area contributed by atoms with Crippen LogP contribution in [0.25, 0.3) is 0 Å². The van der Waals surface area contributed by atoms with Crippen LogP contribution in [0.1, 0.15) is 44.4 Å². The fourth-order valence-corrected chi connectivity index (χ4v) is 6.55. The molecule has 2 aliphatic heterocycles. The van der Waals surface area contributed by atoms with Crippen molar-refractivity contribution in [2.45, 2.75) is 25.8 Å². The first-order valence-electron chi connectivity index (χ1n) is 12.2. The zero-order valence-corrected chi connectivity index (χ0v) is 22.4. The number of fused-ring (bicyclic) bond motifs is 1. The van der Waals surface area contributed by atoms with Gasteiger partial charge in [0.2, 0.25) is 5.91 Å². The largest absolute Gasteiger partial charge is 0.340 e. The number of aryl methyl sites for hydroxylation is 1. The molecule has 0 N–H and O–H groups in total. The molecule has 1 fully saturated rings. The lowest BCUT2D eigenvalue weighted by atomic mass is 9.90. The standard InChI is InChI=1S/C28H30BrN3O2S/c1-20-6-2-3-9-23(20)27-24-11-17-35-25(24)10-14-32(27)19-26(33)30-12-5-13-31(16-15-30)28(34)21-7-4-8-22(29)18-21/h2-4,6-9,11,17-18,27H,5,10,12-16,19H2,1H3/t27-/m0/s1. The normalized spacial score (nSPS) is 18.7. The van der Waals surface area contributed by atoms with Crippen LogP contribution < -0.4 is 0 Å². The maximum atomic E-state index is 13.5. The Hall–Kier alpha value is -2.48. The van der Waals surface area contributed by atoms with Crippen LogP contribution in [0.5, 0.6) is 0 Å². The van der Waals surface area contributed by atoms with E-state index in [0.29, 0.717) is 38.3 Å². The Morgan fingerprint density at radius 3 is 2.57 bits per heavy atom. The van der Waals surface area contributed by atoms with Crippen LogP contribution in [0.3, 0.4) is 0 Å². The monoisotopic (exact) mass is 551 g/mol. The second-order valence-corrected chi connectivity index (χ2v) is 11.2. The molecule has 1 atom stereocenters. The number of carbonyl (C=O) groups excluding carboxylic acids is 2. The summed E-state index contributed by atoms with van der Waals surface area (Å²) in [6.45, 7) is 5.92. The second-order valence-electron chi connectivity index (χ2n) is 9.32. The van der Waals surface area contributed by atoms with Gasteiger partial charge >= 0.3 is 0 Å². The Kier molecular flexibility index (Phi) is 7.37. The van der Waals surface area contributed by atoms with E-state index < -0.39 is 0 Å². The summed E-state index contributed by atoms with van der Waals surface area (Å²) in [6, 6.07) is 18.4. The van der Waals surface area contributed by atoms with E-state index in [1.54, 1.807) is 0 Å². The molecule has 2 aromatic carbocycles. The first kappa shape index (κ1) is 24.2. The number of thiophene rings is 1. The van der Waals surface area contributed by atoms with Gasteiger partial charge in [-0.1, -0.05) is 46.3 Å². The molecule has 0 radical (unpaired) electrons. The van der Waals surface area contributed by atoms with Gasteiger partial charge in [-0.3, -0.25) is 14.5 Å².